The zero-order chi connectivity index (χ0) is 20.1. The Labute approximate surface area is 179 Å². The molecule has 1 aromatic heterocycles. The highest BCUT2D eigenvalue weighted by molar-refractivity contribution is 9.10. The summed E-state index contributed by atoms with van der Waals surface area (Å²) in [7, 11) is 1.68. The molecule has 0 aliphatic carbocycles. The molecule has 1 aliphatic heterocycles. The van der Waals surface area contributed by atoms with Gasteiger partial charge in [0.2, 0.25) is 0 Å². The van der Waals surface area contributed by atoms with Gasteiger partial charge in [-0.05, 0) is 48.7 Å². The minimum Gasteiger partial charge on any atom is -0.497 e. The molecular formula is C24H23BrN2O2. The third-order valence-electron chi connectivity index (χ3n) is 5.04. The van der Waals surface area contributed by atoms with Crippen molar-refractivity contribution < 1.29 is 9.47 Å². The Kier molecular flexibility index (Phi) is 6.33. The lowest BCUT2D eigenvalue weighted by molar-refractivity contribution is 0.115. The summed E-state index contributed by atoms with van der Waals surface area (Å²) < 4.78 is 11.9. The number of benzene rings is 2. The summed E-state index contributed by atoms with van der Waals surface area (Å²) in [6.45, 7) is 1.55. The maximum Gasteiger partial charge on any atom is 0.118 e. The molecule has 5 heteroatoms. The van der Waals surface area contributed by atoms with Crippen LogP contribution in [0.4, 0.5) is 5.69 Å². The van der Waals surface area contributed by atoms with E-state index in [0.29, 0.717) is 6.54 Å². The van der Waals surface area contributed by atoms with Gasteiger partial charge in [-0.25, -0.2) is 0 Å². The van der Waals surface area contributed by atoms with E-state index < -0.39 is 0 Å². The summed E-state index contributed by atoms with van der Waals surface area (Å²) in [5, 5.41) is 4.64. The maximum atomic E-state index is 5.68. The molecule has 2 aromatic carbocycles. The molecule has 1 aliphatic rings. The monoisotopic (exact) mass is 450 g/mol. The summed E-state index contributed by atoms with van der Waals surface area (Å²) in [6, 6.07) is 14.2. The van der Waals surface area contributed by atoms with E-state index in [2.05, 4.69) is 56.3 Å². The van der Waals surface area contributed by atoms with Gasteiger partial charge in [0.15, 0.2) is 0 Å². The second kappa shape index (κ2) is 9.30. The van der Waals surface area contributed by atoms with Crippen molar-refractivity contribution in [3.63, 3.8) is 0 Å². The number of anilines is 1. The standard InChI is InChI=1S/C24H23BrN2O2/c1-28-20-10-7-17(8-11-20)15-27-24-18(4-2-5-21-6-3-13-29-21)16-26-23-14-19(25)9-12-22(23)24/h7-12,14,16,21H,3,5-6,13,15H2,1H3,(H,26,27). The zero-order valence-corrected chi connectivity index (χ0v) is 18.0. The van der Waals surface area contributed by atoms with E-state index in [1.165, 1.54) is 5.56 Å². The predicted octanol–water partition coefficient (Wildman–Crippen LogP) is 5.54. The molecule has 0 bridgehead atoms. The zero-order valence-electron chi connectivity index (χ0n) is 16.4. The van der Waals surface area contributed by atoms with Crippen LogP contribution in [0.25, 0.3) is 10.9 Å². The van der Waals surface area contributed by atoms with Crippen LogP contribution < -0.4 is 10.1 Å². The van der Waals surface area contributed by atoms with Crippen molar-refractivity contribution in [1.82, 2.24) is 4.98 Å². The van der Waals surface area contributed by atoms with Crippen molar-refractivity contribution in [2.75, 3.05) is 19.0 Å². The number of hydrogen-bond acceptors (Lipinski definition) is 4. The van der Waals surface area contributed by atoms with E-state index in [9.17, 15) is 0 Å². The molecule has 4 rings (SSSR count). The van der Waals surface area contributed by atoms with Gasteiger partial charge in [0.05, 0.1) is 30.0 Å². The molecule has 0 radical (unpaired) electrons. The number of aromatic nitrogens is 1. The van der Waals surface area contributed by atoms with E-state index in [0.717, 1.165) is 58.2 Å². The Morgan fingerprint density at radius 2 is 2.10 bits per heavy atom. The smallest absolute Gasteiger partial charge is 0.118 e. The van der Waals surface area contributed by atoms with Crippen LogP contribution in [0.1, 0.15) is 30.4 Å². The Morgan fingerprint density at radius 3 is 2.86 bits per heavy atom. The number of halogens is 1. The van der Waals surface area contributed by atoms with E-state index >= 15 is 0 Å². The summed E-state index contributed by atoms with van der Waals surface area (Å²) >= 11 is 3.53. The van der Waals surface area contributed by atoms with Crippen LogP contribution in [-0.4, -0.2) is 24.8 Å². The molecule has 1 saturated heterocycles. The number of fused-ring (bicyclic) bond motifs is 1. The Hall–Kier alpha value is -2.55. The molecule has 1 unspecified atom stereocenters. The number of rotatable bonds is 5. The molecule has 29 heavy (non-hydrogen) atoms. The lowest BCUT2D eigenvalue weighted by Gasteiger charge is -2.13. The fourth-order valence-electron chi connectivity index (χ4n) is 3.45. The van der Waals surface area contributed by atoms with Gasteiger partial charge in [-0.3, -0.25) is 4.98 Å². The normalized spacial score (nSPS) is 15.7. The molecule has 148 valence electrons. The first-order valence-corrected chi connectivity index (χ1v) is 10.6. The molecule has 2 heterocycles. The van der Waals surface area contributed by atoms with E-state index in [-0.39, 0.29) is 6.10 Å². The fraction of sp³-hybridized carbons (Fsp3) is 0.292. The Morgan fingerprint density at radius 1 is 1.24 bits per heavy atom. The highest BCUT2D eigenvalue weighted by atomic mass is 79.9. The number of nitrogens with one attached hydrogen (secondary N) is 1. The first-order chi connectivity index (χ1) is 14.2. The van der Waals surface area contributed by atoms with Gasteiger partial charge in [0.25, 0.3) is 0 Å². The largest absolute Gasteiger partial charge is 0.497 e. The number of nitrogens with zero attached hydrogens (tertiary/aromatic N) is 1. The number of pyridine rings is 1. The van der Waals surface area contributed by atoms with E-state index in [1.807, 2.05) is 30.5 Å². The second-order valence-corrected chi connectivity index (χ2v) is 7.97. The highest BCUT2D eigenvalue weighted by Crippen LogP contribution is 2.28. The molecule has 0 spiro atoms. The maximum absolute atomic E-state index is 5.68. The number of hydrogen-bond donors (Lipinski definition) is 1. The summed E-state index contributed by atoms with van der Waals surface area (Å²) in [4.78, 5) is 4.61. The predicted molar refractivity (Wildman–Crippen MR) is 120 cm³/mol. The van der Waals surface area contributed by atoms with Crippen molar-refractivity contribution in [2.24, 2.45) is 0 Å². The highest BCUT2D eigenvalue weighted by Gasteiger charge is 2.14. The average molecular weight is 451 g/mol. The van der Waals surface area contributed by atoms with Crippen LogP contribution >= 0.6 is 15.9 Å². The fourth-order valence-corrected chi connectivity index (χ4v) is 3.80. The van der Waals surface area contributed by atoms with Crippen LogP contribution in [0.15, 0.2) is 53.1 Å². The van der Waals surface area contributed by atoms with Crippen LogP contribution in [0.2, 0.25) is 0 Å². The van der Waals surface area contributed by atoms with E-state index in [4.69, 9.17) is 9.47 Å². The lowest BCUT2D eigenvalue weighted by Crippen LogP contribution is -2.04. The van der Waals surface area contributed by atoms with Gasteiger partial charge in [-0.15, -0.1) is 0 Å². The molecule has 1 N–H and O–H groups in total. The van der Waals surface area contributed by atoms with Crippen LogP contribution in [0, 0.1) is 11.8 Å². The third-order valence-corrected chi connectivity index (χ3v) is 5.53. The van der Waals surface area contributed by atoms with Crippen LogP contribution in [-0.2, 0) is 11.3 Å². The van der Waals surface area contributed by atoms with Gasteiger partial charge >= 0.3 is 0 Å². The third kappa shape index (κ3) is 4.90. The molecular weight excluding hydrogens is 428 g/mol. The minimum absolute atomic E-state index is 0.266. The van der Waals surface area contributed by atoms with Crippen molar-refractivity contribution >= 4 is 32.5 Å². The van der Waals surface area contributed by atoms with Crippen molar-refractivity contribution in [1.29, 1.82) is 0 Å². The molecule has 3 aromatic rings. The minimum atomic E-state index is 0.266. The summed E-state index contributed by atoms with van der Waals surface area (Å²) in [5.41, 5.74) is 4.02. The molecule has 0 amide bonds. The average Bonchev–Trinajstić information content (AvgIpc) is 3.26. The number of methoxy groups -OCH3 is 1. The lowest BCUT2D eigenvalue weighted by atomic mass is 10.1. The molecule has 0 saturated carbocycles. The van der Waals surface area contributed by atoms with Crippen LogP contribution in [0.5, 0.6) is 5.75 Å². The molecule has 1 fully saturated rings. The summed E-state index contributed by atoms with van der Waals surface area (Å²) in [5.74, 6) is 7.46. The summed E-state index contributed by atoms with van der Waals surface area (Å²) in [6.07, 6.45) is 5.11. The van der Waals surface area contributed by atoms with Crippen LogP contribution in [0.3, 0.4) is 0 Å². The Balaban J connectivity index is 1.61. The Bertz CT molecular complexity index is 1050. The first-order valence-electron chi connectivity index (χ1n) is 9.78. The van der Waals surface area contributed by atoms with Gasteiger partial charge in [-0.2, -0.15) is 0 Å². The van der Waals surface area contributed by atoms with Crippen molar-refractivity contribution in [2.45, 2.75) is 31.9 Å². The SMILES string of the molecule is COc1ccc(CNc2c(C#CCC3CCCO3)cnc3cc(Br)ccc23)cc1. The van der Waals surface area contributed by atoms with Gasteiger partial charge in [0, 0.05) is 35.6 Å². The quantitative estimate of drug-likeness (QED) is 0.518. The van der Waals surface area contributed by atoms with Crippen molar-refractivity contribution in [3.8, 4) is 17.6 Å². The first kappa shape index (κ1) is 19.8. The topological polar surface area (TPSA) is 43.4 Å². The van der Waals surface area contributed by atoms with E-state index in [1.54, 1.807) is 7.11 Å². The molecule has 1 atom stereocenters. The van der Waals surface area contributed by atoms with Gasteiger partial charge < -0.3 is 14.8 Å². The van der Waals surface area contributed by atoms with Gasteiger partial charge in [-0.1, -0.05) is 39.9 Å². The van der Waals surface area contributed by atoms with Crippen molar-refractivity contribution in [3.05, 3.63) is 64.3 Å². The molecule has 4 nitrogen and oxygen atoms in total. The van der Waals surface area contributed by atoms with Gasteiger partial charge in [0.1, 0.15) is 5.75 Å². The second-order valence-electron chi connectivity index (χ2n) is 7.05. The number of ether oxygens (including phenoxy) is 2.